The van der Waals surface area contributed by atoms with Crippen LogP contribution in [0.2, 0.25) is 0 Å². The Labute approximate surface area is 54.9 Å². The number of ether oxygens (including phenoxy) is 1. The van der Waals surface area contributed by atoms with Crippen LogP contribution in [0.1, 0.15) is 0 Å². The van der Waals surface area contributed by atoms with Gasteiger partial charge in [-0.1, -0.05) is 0 Å². The van der Waals surface area contributed by atoms with E-state index in [2.05, 4.69) is 20.9 Å². The van der Waals surface area contributed by atoms with Gasteiger partial charge < -0.3 is 10.5 Å². The number of halogens is 1. The third-order valence-corrected chi connectivity index (χ3v) is 1.66. The average Bonchev–Trinajstić information content (AvgIpc) is 1.98. The molecule has 0 spiro atoms. The van der Waals surface area contributed by atoms with E-state index < -0.39 is 6.09 Å². The summed E-state index contributed by atoms with van der Waals surface area (Å²) >= 11 is 2.90. The van der Waals surface area contributed by atoms with Crippen LogP contribution >= 0.6 is 16.1 Å². The molecule has 0 saturated carbocycles. The first-order chi connectivity index (χ1) is 3.72. The molecule has 0 aliphatic carbocycles. The Hall–Kier alpha value is -0.290. The lowest BCUT2D eigenvalue weighted by Crippen LogP contribution is -2.32. The molecule has 1 heterocycles. The summed E-state index contributed by atoms with van der Waals surface area (Å²) in [6.45, 7) is 0.268. The third-order valence-electron chi connectivity index (χ3n) is 0.843. The van der Waals surface area contributed by atoms with Crippen molar-refractivity contribution in [1.29, 1.82) is 0 Å². The van der Waals surface area contributed by atoms with Gasteiger partial charge >= 0.3 is 6.09 Å². The zero-order valence-corrected chi connectivity index (χ0v) is 5.59. The van der Waals surface area contributed by atoms with Crippen LogP contribution in [0.15, 0.2) is 0 Å². The lowest BCUT2D eigenvalue weighted by Gasteiger charge is -2.04. The zero-order valence-electron chi connectivity index (χ0n) is 4.00. The molecule has 1 rings (SSSR count). The van der Waals surface area contributed by atoms with E-state index >= 15 is 0 Å². The number of cyclic esters (lactones) is 1. The van der Waals surface area contributed by atoms with Crippen molar-refractivity contribution in [2.45, 2.75) is 6.17 Å². The molecule has 0 aromatic rings. The maximum Gasteiger partial charge on any atom is 0.421 e. The van der Waals surface area contributed by atoms with Gasteiger partial charge in [-0.2, -0.15) is 0 Å². The van der Waals surface area contributed by atoms with Crippen LogP contribution in [0.4, 0.5) is 4.79 Å². The standard InChI is InChI=1S/C3H5BrN2O2/c4-6-2(5)1-8-3(6)7/h2H,1,5H2. The van der Waals surface area contributed by atoms with E-state index in [0.29, 0.717) is 0 Å². The number of carbonyl (C=O) groups is 1. The number of rotatable bonds is 0. The highest BCUT2D eigenvalue weighted by atomic mass is 79.9. The van der Waals surface area contributed by atoms with Gasteiger partial charge in [0.05, 0.1) is 16.1 Å². The summed E-state index contributed by atoms with van der Waals surface area (Å²) in [5.41, 5.74) is 5.30. The molecule has 2 N–H and O–H groups in total. The molecule has 1 amide bonds. The number of carbonyl (C=O) groups excluding carboxylic acids is 1. The molecular weight excluding hydrogens is 176 g/mol. The van der Waals surface area contributed by atoms with E-state index in [0.717, 1.165) is 0 Å². The van der Waals surface area contributed by atoms with Gasteiger partial charge in [-0.3, -0.25) is 0 Å². The summed E-state index contributed by atoms with van der Waals surface area (Å²) in [6.07, 6.45) is -0.750. The number of amides is 1. The summed E-state index contributed by atoms with van der Waals surface area (Å²) < 4.78 is 5.67. The molecule has 0 bridgehead atoms. The summed E-state index contributed by atoms with van der Waals surface area (Å²) in [4.78, 5) is 10.4. The Morgan fingerprint density at radius 3 is 2.75 bits per heavy atom. The topological polar surface area (TPSA) is 55.6 Å². The largest absolute Gasteiger partial charge is 0.445 e. The summed E-state index contributed by atoms with van der Waals surface area (Å²) in [7, 11) is 0. The highest BCUT2D eigenvalue weighted by Crippen LogP contribution is 2.11. The molecule has 1 fully saturated rings. The summed E-state index contributed by atoms with van der Waals surface area (Å²) in [5, 5.41) is 0. The fraction of sp³-hybridized carbons (Fsp3) is 0.667. The second-order valence-electron chi connectivity index (χ2n) is 1.46. The van der Waals surface area contributed by atoms with Gasteiger partial charge in [0.15, 0.2) is 0 Å². The lowest BCUT2D eigenvalue weighted by atomic mass is 10.6. The molecular formula is C3H5BrN2O2. The Morgan fingerprint density at radius 1 is 2.00 bits per heavy atom. The van der Waals surface area contributed by atoms with E-state index in [1.54, 1.807) is 0 Å². The van der Waals surface area contributed by atoms with Gasteiger partial charge in [0.1, 0.15) is 12.8 Å². The van der Waals surface area contributed by atoms with Gasteiger partial charge in [-0.15, -0.1) is 0 Å². The maximum atomic E-state index is 10.4. The van der Waals surface area contributed by atoms with E-state index in [1.165, 1.54) is 3.93 Å². The van der Waals surface area contributed by atoms with Crippen LogP contribution in [0.25, 0.3) is 0 Å². The molecule has 4 nitrogen and oxygen atoms in total. The maximum absolute atomic E-state index is 10.4. The first-order valence-corrected chi connectivity index (χ1v) is 2.80. The minimum absolute atomic E-state index is 0.268. The predicted molar refractivity (Wildman–Crippen MR) is 30.1 cm³/mol. The highest BCUT2D eigenvalue weighted by Gasteiger charge is 2.27. The average molecular weight is 181 g/mol. The van der Waals surface area contributed by atoms with Crippen molar-refractivity contribution < 1.29 is 9.53 Å². The molecule has 1 atom stereocenters. The number of hydrogen-bond acceptors (Lipinski definition) is 3. The normalized spacial score (nSPS) is 28.5. The van der Waals surface area contributed by atoms with Crippen LogP contribution < -0.4 is 5.73 Å². The third kappa shape index (κ3) is 0.784. The van der Waals surface area contributed by atoms with Crippen LogP contribution in [0.5, 0.6) is 0 Å². The van der Waals surface area contributed by atoms with Crippen molar-refractivity contribution in [2.24, 2.45) is 5.73 Å². The minimum atomic E-state index is -0.419. The first-order valence-electron chi connectivity index (χ1n) is 2.09. The zero-order chi connectivity index (χ0) is 6.15. The molecule has 1 aliphatic heterocycles. The monoisotopic (exact) mass is 180 g/mol. The van der Waals surface area contributed by atoms with Crippen LogP contribution in [0.3, 0.4) is 0 Å². The molecule has 46 valence electrons. The molecule has 8 heavy (non-hydrogen) atoms. The Kier molecular flexibility index (Phi) is 1.39. The lowest BCUT2D eigenvalue weighted by molar-refractivity contribution is 0.171. The molecule has 1 saturated heterocycles. The van der Waals surface area contributed by atoms with Gasteiger partial charge in [-0.05, 0) is 0 Å². The van der Waals surface area contributed by atoms with Crippen molar-refractivity contribution in [3.8, 4) is 0 Å². The van der Waals surface area contributed by atoms with Crippen molar-refractivity contribution in [3.63, 3.8) is 0 Å². The van der Waals surface area contributed by atoms with Crippen molar-refractivity contribution in [1.82, 2.24) is 3.93 Å². The van der Waals surface area contributed by atoms with Gasteiger partial charge in [0, 0.05) is 0 Å². The molecule has 0 aromatic heterocycles. The molecule has 5 heteroatoms. The van der Waals surface area contributed by atoms with Crippen molar-refractivity contribution >= 4 is 22.2 Å². The van der Waals surface area contributed by atoms with Gasteiger partial charge in [0.2, 0.25) is 0 Å². The first kappa shape index (κ1) is 5.84. The second-order valence-corrected chi connectivity index (χ2v) is 2.22. The van der Waals surface area contributed by atoms with E-state index in [1.807, 2.05) is 0 Å². The Bertz CT molecular complexity index is 118. The SMILES string of the molecule is NC1COC(=O)N1Br. The Morgan fingerprint density at radius 2 is 2.62 bits per heavy atom. The Balaban J connectivity index is 2.56. The highest BCUT2D eigenvalue weighted by molar-refractivity contribution is 9.07. The smallest absolute Gasteiger partial charge is 0.421 e. The fourth-order valence-electron chi connectivity index (χ4n) is 0.419. The molecule has 0 radical (unpaired) electrons. The minimum Gasteiger partial charge on any atom is -0.445 e. The predicted octanol–water partition coefficient (Wildman–Crippen LogP) is 0.0333. The summed E-state index contributed by atoms with van der Waals surface area (Å²) in [5.74, 6) is 0. The quantitative estimate of drug-likeness (QED) is 0.536. The molecule has 1 unspecified atom stereocenters. The second kappa shape index (κ2) is 1.91. The van der Waals surface area contributed by atoms with Gasteiger partial charge in [0.25, 0.3) is 0 Å². The number of nitrogens with zero attached hydrogens (tertiary/aromatic N) is 1. The molecule has 1 aliphatic rings. The van der Waals surface area contributed by atoms with E-state index in [-0.39, 0.29) is 12.8 Å². The van der Waals surface area contributed by atoms with E-state index in [9.17, 15) is 4.79 Å². The van der Waals surface area contributed by atoms with Crippen LogP contribution in [0, 0.1) is 0 Å². The van der Waals surface area contributed by atoms with Gasteiger partial charge in [-0.25, -0.2) is 8.72 Å². The molecule has 0 aromatic carbocycles. The number of hydrogen-bond donors (Lipinski definition) is 1. The van der Waals surface area contributed by atoms with Crippen LogP contribution in [-0.2, 0) is 4.74 Å². The fourth-order valence-corrected chi connectivity index (χ4v) is 0.640. The van der Waals surface area contributed by atoms with E-state index in [4.69, 9.17) is 5.73 Å². The van der Waals surface area contributed by atoms with Crippen molar-refractivity contribution in [2.75, 3.05) is 6.61 Å². The van der Waals surface area contributed by atoms with Crippen molar-refractivity contribution in [3.05, 3.63) is 0 Å². The van der Waals surface area contributed by atoms with Crippen LogP contribution in [-0.4, -0.2) is 22.8 Å². The summed E-state index contributed by atoms with van der Waals surface area (Å²) in [6, 6.07) is 0. The number of nitrogens with two attached hydrogens (primary N) is 1.